The number of rotatable bonds is 5. The van der Waals surface area contributed by atoms with Gasteiger partial charge in [-0.2, -0.15) is 13.2 Å². The number of ether oxygens (including phenoxy) is 1. The molecule has 2 rings (SSSR count). The van der Waals surface area contributed by atoms with Crippen molar-refractivity contribution in [2.24, 2.45) is 0 Å². The van der Waals surface area contributed by atoms with Gasteiger partial charge in [-0.05, 0) is 38.0 Å². The second kappa shape index (κ2) is 7.69. The number of halogens is 3. The van der Waals surface area contributed by atoms with Gasteiger partial charge < -0.3 is 14.9 Å². The molecule has 2 atom stereocenters. The molecule has 0 fully saturated rings. The smallest absolute Gasteiger partial charge is 0.457 e. The maximum atomic E-state index is 11.9. The largest absolute Gasteiger partial charge is 0.479 e. The van der Waals surface area contributed by atoms with Crippen LogP contribution in [-0.2, 0) is 9.53 Å². The summed E-state index contributed by atoms with van der Waals surface area (Å²) < 4.78 is 40.6. The number of carboxylic acid groups (broad SMARTS) is 1. The molecule has 24 heavy (non-hydrogen) atoms. The topological polar surface area (TPSA) is 66.8 Å². The van der Waals surface area contributed by atoms with Crippen molar-refractivity contribution in [1.82, 2.24) is 0 Å². The van der Waals surface area contributed by atoms with Gasteiger partial charge in [0.2, 0.25) is 0 Å². The van der Waals surface area contributed by atoms with E-state index in [1.54, 1.807) is 19.8 Å². The van der Waals surface area contributed by atoms with Gasteiger partial charge in [0.1, 0.15) is 5.60 Å². The van der Waals surface area contributed by atoms with Crippen LogP contribution in [0.5, 0.6) is 0 Å². The second-order valence-corrected chi connectivity index (χ2v) is 5.82. The summed E-state index contributed by atoms with van der Waals surface area (Å²) in [5, 5.41) is 18.4. The second-order valence-electron chi connectivity index (χ2n) is 5.82. The van der Waals surface area contributed by atoms with E-state index in [2.05, 4.69) is 24.3 Å². The molecule has 0 radical (unpaired) electrons. The number of aliphatic carboxylic acids is 1. The minimum atomic E-state index is -4.73. The van der Waals surface area contributed by atoms with Crippen molar-refractivity contribution >= 4 is 5.97 Å². The van der Waals surface area contributed by atoms with Gasteiger partial charge in [-0.15, -0.1) is 0 Å². The summed E-state index contributed by atoms with van der Waals surface area (Å²) in [6.45, 7) is 4.16. The van der Waals surface area contributed by atoms with Crippen LogP contribution in [0, 0.1) is 11.8 Å². The van der Waals surface area contributed by atoms with Gasteiger partial charge in [-0.1, -0.05) is 24.1 Å². The van der Waals surface area contributed by atoms with E-state index in [9.17, 15) is 23.1 Å². The third-order valence-corrected chi connectivity index (χ3v) is 2.88. The number of hydrogen-bond acceptors (Lipinski definition) is 3. The molecule has 0 spiro atoms. The number of carbonyl (C=O) groups is 1. The van der Waals surface area contributed by atoms with Crippen LogP contribution in [0.25, 0.3) is 11.1 Å². The molecule has 0 saturated heterocycles. The summed E-state index contributed by atoms with van der Waals surface area (Å²) in [6, 6.07) is 8.48. The van der Waals surface area contributed by atoms with Gasteiger partial charge in [0, 0.05) is 12.3 Å². The van der Waals surface area contributed by atoms with Gasteiger partial charge in [0.25, 0.3) is 0 Å². The van der Waals surface area contributed by atoms with E-state index >= 15 is 0 Å². The van der Waals surface area contributed by atoms with E-state index < -0.39 is 36.4 Å². The summed E-state index contributed by atoms with van der Waals surface area (Å²) >= 11 is 0. The fourth-order valence-corrected chi connectivity index (χ4v) is 1.82. The fourth-order valence-electron chi connectivity index (χ4n) is 1.82. The van der Waals surface area contributed by atoms with Crippen LogP contribution in [0.1, 0.15) is 27.2 Å². The van der Waals surface area contributed by atoms with Crippen molar-refractivity contribution in [2.45, 2.75) is 51.2 Å². The van der Waals surface area contributed by atoms with Gasteiger partial charge in [0.05, 0.1) is 6.10 Å². The third kappa shape index (κ3) is 7.99. The van der Waals surface area contributed by atoms with Crippen LogP contribution in [0.4, 0.5) is 13.2 Å². The van der Waals surface area contributed by atoms with E-state index in [-0.39, 0.29) is 0 Å². The Labute approximate surface area is 138 Å². The van der Waals surface area contributed by atoms with E-state index in [1.807, 2.05) is 0 Å². The quantitative estimate of drug-likeness (QED) is 0.817. The molecule has 0 aromatic rings. The highest BCUT2D eigenvalue weighted by Crippen LogP contribution is 2.32. The van der Waals surface area contributed by atoms with Gasteiger partial charge in [-0.25, -0.2) is 4.79 Å². The highest BCUT2D eigenvalue weighted by atomic mass is 19.4. The minimum Gasteiger partial charge on any atom is -0.479 e. The minimum absolute atomic E-state index is 0.433. The number of alkyl halides is 3. The Bertz CT molecular complexity index is 622. The molecule has 4 nitrogen and oxygen atoms in total. The molecule has 0 saturated carbocycles. The molecule has 0 bridgehead atoms. The average molecular weight is 344 g/mol. The Hall–Kier alpha value is -2.04. The zero-order valence-electron chi connectivity index (χ0n) is 13.5. The van der Waals surface area contributed by atoms with E-state index in [0.717, 1.165) is 12.8 Å². The SMILES string of the molecule is CC(C)OC(CC(C)(O)C#CC(F)(F)F)C(=O)O.c1cc2cc-2c1. The van der Waals surface area contributed by atoms with E-state index in [4.69, 9.17) is 9.84 Å². The predicted molar refractivity (Wildman–Crippen MR) is 82.2 cm³/mol. The first-order valence-corrected chi connectivity index (χ1v) is 7.22. The number of fused-ring (bicyclic) bond motifs is 1. The maximum absolute atomic E-state index is 11.9. The summed E-state index contributed by atoms with van der Waals surface area (Å²) in [4.78, 5) is 10.8. The summed E-state index contributed by atoms with van der Waals surface area (Å²) in [7, 11) is 0. The average Bonchev–Trinajstić information content (AvgIpc) is 3.01. The number of aliphatic hydroxyl groups is 1. The zero-order valence-corrected chi connectivity index (χ0v) is 13.5. The molecule has 7 heteroatoms. The molecule has 2 N–H and O–H groups in total. The van der Waals surface area contributed by atoms with Gasteiger partial charge in [0.15, 0.2) is 6.10 Å². The molecule has 2 aliphatic carbocycles. The summed E-state index contributed by atoms with van der Waals surface area (Å²) in [5.74, 6) is 1.14. The predicted octanol–water partition coefficient (Wildman–Crippen LogP) is 3.24. The van der Waals surface area contributed by atoms with Gasteiger partial charge in [-0.3, -0.25) is 0 Å². The lowest BCUT2D eigenvalue weighted by Gasteiger charge is -2.23. The van der Waals surface area contributed by atoms with Crippen LogP contribution >= 0.6 is 0 Å². The van der Waals surface area contributed by atoms with Crippen LogP contribution < -0.4 is 0 Å². The summed E-state index contributed by atoms with van der Waals surface area (Å²) in [6.07, 6.45) is -7.13. The Morgan fingerprint density at radius 2 is 1.79 bits per heavy atom. The molecular formula is C17H19F3O4. The monoisotopic (exact) mass is 344 g/mol. The molecule has 2 unspecified atom stereocenters. The molecule has 0 amide bonds. The van der Waals surface area contributed by atoms with Crippen molar-refractivity contribution in [3.63, 3.8) is 0 Å². The number of carboxylic acids is 1. The van der Waals surface area contributed by atoms with Crippen LogP contribution in [0.15, 0.2) is 24.3 Å². The van der Waals surface area contributed by atoms with Gasteiger partial charge >= 0.3 is 12.1 Å². The van der Waals surface area contributed by atoms with Crippen molar-refractivity contribution in [2.75, 3.05) is 0 Å². The Morgan fingerprint density at radius 1 is 1.25 bits per heavy atom. The molecule has 0 aromatic carbocycles. The first kappa shape index (κ1) is 20.0. The lowest BCUT2D eigenvalue weighted by molar-refractivity contribution is -0.156. The third-order valence-electron chi connectivity index (χ3n) is 2.88. The van der Waals surface area contributed by atoms with Crippen molar-refractivity contribution in [3.05, 3.63) is 24.3 Å². The molecule has 0 aromatic heterocycles. The molecular weight excluding hydrogens is 325 g/mol. The fraction of sp³-hybridized carbons (Fsp3) is 0.471. The first-order chi connectivity index (χ1) is 10.9. The maximum Gasteiger partial charge on any atom is 0.457 e. The molecule has 2 aliphatic rings. The van der Waals surface area contributed by atoms with Crippen LogP contribution in [0.2, 0.25) is 0 Å². The first-order valence-electron chi connectivity index (χ1n) is 7.22. The van der Waals surface area contributed by atoms with Crippen molar-refractivity contribution < 1.29 is 32.9 Å². The molecule has 132 valence electrons. The molecule has 0 heterocycles. The standard InChI is InChI=1S/C11H15F3O4.C6H4/c1-7(2)18-8(9(15)16)6-10(3,17)4-5-11(12,13)14;1-2-5-4-6(5)3-1/h7-8,17H,6H2,1-3H3,(H,15,16);1-4H. The Balaban J connectivity index is 0.000000387. The zero-order chi connectivity index (χ0) is 18.5. The van der Waals surface area contributed by atoms with E-state index in [0.29, 0.717) is 0 Å². The highest BCUT2D eigenvalue weighted by Gasteiger charge is 2.31. The number of hydrogen-bond donors (Lipinski definition) is 2. The summed E-state index contributed by atoms with van der Waals surface area (Å²) in [5.41, 5.74) is 0.762. The molecule has 0 aliphatic heterocycles. The Kier molecular flexibility index (Phi) is 6.41. The Morgan fingerprint density at radius 3 is 2.08 bits per heavy atom. The highest BCUT2D eigenvalue weighted by molar-refractivity contribution is 5.80. The van der Waals surface area contributed by atoms with E-state index in [1.165, 1.54) is 11.1 Å². The lowest BCUT2D eigenvalue weighted by Crippen LogP contribution is -2.36. The lowest BCUT2D eigenvalue weighted by atomic mass is 9.99. The van der Waals surface area contributed by atoms with Crippen LogP contribution in [0.3, 0.4) is 0 Å². The number of benzene rings is 1. The van der Waals surface area contributed by atoms with Crippen molar-refractivity contribution in [1.29, 1.82) is 0 Å². The van der Waals surface area contributed by atoms with Crippen LogP contribution in [-0.4, -0.2) is 40.2 Å². The normalized spacial score (nSPS) is 15.3. The van der Waals surface area contributed by atoms with Crippen molar-refractivity contribution in [3.8, 4) is 23.0 Å².